The van der Waals surface area contributed by atoms with Crippen molar-refractivity contribution in [3.63, 3.8) is 0 Å². The van der Waals surface area contributed by atoms with Crippen LogP contribution in [0.25, 0.3) is 0 Å². The van der Waals surface area contributed by atoms with Gasteiger partial charge in [0.15, 0.2) is 0 Å². The molecule has 1 aliphatic carbocycles. The maximum Gasteiger partial charge on any atom is 0.0188 e. The summed E-state index contributed by atoms with van der Waals surface area (Å²) in [6, 6.07) is 0. The second kappa shape index (κ2) is 1.76. The highest BCUT2D eigenvalue weighted by molar-refractivity contribution is 5.07. The number of piperidine rings is 1. The first-order valence-electron chi connectivity index (χ1n) is 4.37. The normalized spacial score (nSPS) is 34.2. The van der Waals surface area contributed by atoms with Crippen LogP contribution in [0.1, 0.15) is 39.5 Å². The fourth-order valence-electron chi connectivity index (χ4n) is 2.24. The van der Waals surface area contributed by atoms with Crippen molar-refractivity contribution < 1.29 is 0 Å². The Labute approximate surface area is 63.2 Å². The van der Waals surface area contributed by atoms with E-state index in [0.29, 0.717) is 11.0 Å². The van der Waals surface area contributed by atoms with Gasteiger partial charge in [0, 0.05) is 5.54 Å². The van der Waals surface area contributed by atoms with E-state index < -0.39 is 0 Å². The standard InChI is InChI=1S/C9H17N/c1-8(2)5-6-10-9(7-8)3-4-9/h10H,3-7H2,1-2H3. The molecule has 2 rings (SSSR count). The number of hydrogen-bond acceptors (Lipinski definition) is 1. The third-order valence-electron chi connectivity index (χ3n) is 2.97. The molecule has 0 amide bonds. The van der Waals surface area contributed by atoms with Gasteiger partial charge in [-0.25, -0.2) is 0 Å². The van der Waals surface area contributed by atoms with Gasteiger partial charge in [-0.15, -0.1) is 0 Å². The molecule has 0 bridgehead atoms. The number of nitrogens with one attached hydrogen (secondary N) is 1. The molecule has 1 saturated carbocycles. The van der Waals surface area contributed by atoms with Crippen LogP contribution < -0.4 is 5.32 Å². The van der Waals surface area contributed by atoms with Crippen molar-refractivity contribution in [2.24, 2.45) is 5.41 Å². The molecule has 0 aromatic heterocycles. The van der Waals surface area contributed by atoms with Crippen molar-refractivity contribution in [2.45, 2.75) is 45.1 Å². The molecule has 58 valence electrons. The van der Waals surface area contributed by atoms with E-state index in [1.54, 1.807) is 0 Å². The quantitative estimate of drug-likeness (QED) is 0.540. The van der Waals surface area contributed by atoms with Crippen LogP contribution in [-0.4, -0.2) is 12.1 Å². The minimum Gasteiger partial charge on any atom is -0.311 e. The molecule has 0 unspecified atom stereocenters. The van der Waals surface area contributed by atoms with E-state index in [0.717, 1.165) is 0 Å². The highest BCUT2D eigenvalue weighted by atomic mass is 15.0. The summed E-state index contributed by atoms with van der Waals surface area (Å²) >= 11 is 0. The summed E-state index contributed by atoms with van der Waals surface area (Å²) < 4.78 is 0. The fraction of sp³-hybridized carbons (Fsp3) is 1.00. The summed E-state index contributed by atoms with van der Waals surface area (Å²) in [5.74, 6) is 0. The summed E-state index contributed by atoms with van der Waals surface area (Å²) in [5.41, 5.74) is 1.23. The molecule has 1 aliphatic heterocycles. The highest BCUT2D eigenvalue weighted by Crippen LogP contribution is 2.48. The molecule has 0 aromatic carbocycles. The topological polar surface area (TPSA) is 12.0 Å². The van der Waals surface area contributed by atoms with Crippen LogP contribution in [0, 0.1) is 5.41 Å². The van der Waals surface area contributed by atoms with Crippen LogP contribution in [0.15, 0.2) is 0 Å². The van der Waals surface area contributed by atoms with Gasteiger partial charge in [-0.1, -0.05) is 13.8 Å². The summed E-state index contributed by atoms with van der Waals surface area (Å²) in [6.07, 6.45) is 5.61. The third-order valence-corrected chi connectivity index (χ3v) is 2.97. The largest absolute Gasteiger partial charge is 0.311 e. The Morgan fingerprint density at radius 2 is 1.80 bits per heavy atom. The lowest BCUT2D eigenvalue weighted by Gasteiger charge is -2.36. The Morgan fingerprint density at radius 3 is 2.20 bits per heavy atom. The van der Waals surface area contributed by atoms with Gasteiger partial charge in [-0.2, -0.15) is 0 Å². The molecular formula is C9H17N. The molecule has 1 heterocycles. The van der Waals surface area contributed by atoms with Crippen molar-refractivity contribution in [1.29, 1.82) is 0 Å². The second-order valence-electron chi connectivity index (χ2n) is 4.80. The van der Waals surface area contributed by atoms with Gasteiger partial charge < -0.3 is 5.32 Å². The Bertz CT molecular complexity index is 141. The Balaban J connectivity index is 2.04. The average molecular weight is 139 g/mol. The average Bonchev–Trinajstić information content (AvgIpc) is 2.45. The van der Waals surface area contributed by atoms with Gasteiger partial charge in [0.2, 0.25) is 0 Å². The third kappa shape index (κ3) is 1.07. The van der Waals surface area contributed by atoms with Crippen LogP contribution in [-0.2, 0) is 0 Å². The van der Waals surface area contributed by atoms with Gasteiger partial charge in [0.25, 0.3) is 0 Å². The summed E-state index contributed by atoms with van der Waals surface area (Å²) in [5, 5.41) is 3.63. The molecule has 1 nitrogen and oxygen atoms in total. The predicted molar refractivity (Wildman–Crippen MR) is 43.0 cm³/mol. The lowest BCUT2D eigenvalue weighted by Crippen LogP contribution is -2.43. The van der Waals surface area contributed by atoms with Gasteiger partial charge in [-0.05, 0) is 37.6 Å². The zero-order chi connectivity index (χ0) is 7.24. The minimum atomic E-state index is 0.613. The number of hydrogen-bond donors (Lipinski definition) is 1. The molecule has 2 aliphatic rings. The van der Waals surface area contributed by atoms with Crippen molar-refractivity contribution in [2.75, 3.05) is 6.54 Å². The molecule has 0 atom stereocenters. The van der Waals surface area contributed by atoms with Crippen molar-refractivity contribution in [1.82, 2.24) is 5.32 Å². The van der Waals surface area contributed by atoms with E-state index in [-0.39, 0.29) is 0 Å². The van der Waals surface area contributed by atoms with Gasteiger partial charge >= 0.3 is 0 Å². The van der Waals surface area contributed by atoms with Gasteiger partial charge in [0.1, 0.15) is 0 Å². The van der Waals surface area contributed by atoms with Crippen LogP contribution in [0.2, 0.25) is 0 Å². The first-order chi connectivity index (χ1) is 4.62. The van der Waals surface area contributed by atoms with Crippen molar-refractivity contribution in [3.8, 4) is 0 Å². The lowest BCUT2D eigenvalue weighted by molar-refractivity contribution is 0.197. The predicted octanol–water partition coefficient (Wildman–Crippen LogP) is 1.93. The lowest BCUT2D eigenvalue weighted by atomic mass is 9.78. The van der Waals surface area contributed by atoms with Crippen LogP contribution in [0.5, 0.6) is 0 Å². The SMILES string of the molecule is CC1(C)CCNC2(CC2)C1. The summed E-state index contributed by atoms with van der Waals surface area (Å²) in [7, 11) is 0. The Hall–Kier alpha value is -0.0400. The van der Waals surface area contributed by atoms with E-state index in [9.17, 15) is 0 Å². The molecule has 1 saturated heterocycles. The molecule has 0 radical (unpaired) electrons. The zero-order valence-electron chi connectivity index (χ0n) is 7.04. The first-order valence-corrected chi connectivity index (χ1v) is 4.37. The van der Waals surface area contributed by atoms with E-state index in [1.807, 2.05) is 0 Å². The monoisotopic (exact) mass is 139 g/mol. The summed E-state index contributed by atoms with van der Waals surface area (Å²) in [4.78, 5) is 0. The smallest absolute Gasteiger partial charge is 0.0188 e. The molecule has 1 N–H and O–H groups in total. The highest BCUT2D eigenvalue weighted by Gasteiger charge is 2.47. The Morgan fingerprint density at radius 1 is 1.10 bits per heavy atom. The van der Waals surface area contributed by atoms with Crippen LogP contribution in [0.4, 0.5) is 0 Å². The molecule has 1 heteroatoms. The molecule has 10 heavy (non-hydrogen) atoms. The van der Waals surface area contributed by atoms with E-state index >= 15 is 0 Å². The number of rotatable bonds is 0. The first kappa shape index (κ1) is 6.66. The second-order valence-corrected chi connectivity index (χ2v) is 4.80. The minimum absolute atomic E-state index is 0.613. The van der Waals surface area contributed by atoms with Crippen molar-refractivity contribution in [3.05, 3.63) is 0 Å². The molecule has 2 fully saturated rings. The fourth-order valence-corrected chi connectivity index (χ4v) is 2.24. The van der Waals surface area contributed by atoms with Crippen molar-refractivity contribution >= 4 is 0 Å². The molecule has 1 spiro atoms. The van der Waals surface area contributed by atoms with E-state index in [4.69, 9.17) is 0 Å². The summed E-state index contributed by atoms with van der Waals surface area (Å²) in [6.45, 7) is 6.04. The molecule has 0 aromatic rings. The maximum atomic E-state index is 3.63. The van der Waals surface area contributed by atoms with Gasteiger partial charge in [-0.3, -0.25) is 0 Å². The van der Waals surface area contributed by atoms with Crippen LogP contribution in [0.3, 0.4) is 0 Å². The van der Waals surface area contributed by atoms with Gasteiger partial charge in [0.05, 0.1) is 0 Å². The zero-order valence-corrected chi connectivity index (χ0v) is 7.04. The van der Waals surface area contributed by atoms with Crippen LogP contribution >= 0.6 is 0 Å². The molecular weight excluding hydrogens is 122 g/mol. The maximum absolute atomic E-state index is 3.63. The Kier molecular flexibility index (Phi) is 1.17. The van der Waals surface area contributed by atoms with E-state index in [1.165, 1.54) is 32.2 Å². The van der Waals surface area contributed by atoms with E-state index in [2.05, 4.69) is 19.2 Å².